The number of anilines is 1. The van der Waals surface area contributed by atoms with Gasteiger partial charge in [0.05, 0.1) is 27.5 Å². The summed E-state index contributed by atoms with van der Waals surface area (Å²) < 4.78 is 2.64. The molecule has 2 aromatic heterocycles. The number of amides is 1. The molecular weight excluding hydrogens is 404 g/mol. The van der Waals surface area contributed by atoms with Crippen LogP contribution in [0, 0.1) is 20.8 Å². The largest absolute Gasteiger partial charge is 0.282 e. The number of aryl methyl sites for hydroxylation is 3. The molecule has 5 nitrogen and oxygen atoms in total. The predicted octanol–water partition coefficient (Wildman–Crippen LogP) is 5.30. The average molecular weight is 425 g/mol. The quantitative estimate of drug-likeness (QED) is 0.436. The Kier molecular flexibility index (Phi) is 5.39. The van der Waals surface area contributed by atoms with Crippen LogP contribution in [0.2, 0.25) is 5.02 Å². The van der Waals surface area contributed by atoms with Gasteiger partial charge in [-0.15, -0.1) is 0 Å². The van der Waals surface area contributed by atoms with Gasteiger partial charge < -0.3 is 0 Å². The normalized spacial score (nSPS) is 11.2. The fourth-order valence-corrected chi connectivity index (χ4v) is 4.62. The van der Waals surface area contributed by atoms with E-state index >= 15 is 0 Å². The molecule has 0 aliphatic carbocycles. The van der Waals surface area contributed by atoms with Crippen molar-refractivity contribution in [2.45, 2.75) is 33.9 Å². The number of hydrogen-bond donors (Lipinski definition) is 0. The molecule has 0 aliphatic rings. The number of aromatic nitrogens is 3. The van der Waals surface area contributed by atoms with Crippen molar-refractivity contribution in [2.24, 2.45) is 0 Å². The number of carbonyl (C=O) groups is 1. The summed E-state index contributed by atoms with van der Waals surface area (Å²) in [6.45, 7) is 6.48. The molecule has 4 aromatic rings. The lowest BCUT2D eigenvalue weighted by atomic mass is 10.2. The van der Waals surface area contributed by atoms with Gasteiger partial charge >= 0.3 is 0 Å². The first-order valence-electron chi connectivity index (χ1n) is 9.33. The summed E-state index contributed by atoms with van der Waals surface area (Å²) in [5.74, 6) is -0.0621. The molecule has 2 aromatic carbocycles. The highest BCUT2D eigenvalue weighted by Crippen LogP contribution is 2.36. The third-order valence-corrected chi connectivity index (χ3v) is 6.33. The van der Waals surface area contributed by atoms with E-state index in [-0.39, 0.29) is 12.5 Å². The molecule has 7 heteroatoms. The minimum Gasteiger partial charge on any atom is -0.282 e. The molecule has 0 aliphatic heterocycles. The van der Waals surface area contributed by atoms with Crippen LogP contribution in [0.1, 0.15) is 22.5 Å². The first-order valence-corrected chi connectivity index (χ1v) is 10.5. The number of nitrogens with zero attached hydrogens (tertiary/aromatic N) is 4. The molecule has 0 atom stereocenters. The summed E-state index contributed by atoms with van der Waals surface area (Å²) in [4.78, 5) is 19.8. The second-order valence-corrected chi connectivity index (χ2v) is 8.47. The van der Waals surface area contributed by atoms with Crippen LogP contribution in [0.4, 0.5) is 5.13 Å². The zero-order valence-corrected chi connectivity index (χ0v) is 18.1. The molecule has 0 saturated carbocycles. The average Bonchev–Trinajstić information content (AvgIpc) is 3.28. The van der Waals surface area contributed by atoms with Crippen LogP contribution in [0.3, 0.4) is 0 Å². The number of thiazole rings is 1. The Balaban J connectivity index is 1.74. The van der Waals surface area contributed by atoms with Gasteiger partial charge in [0, 0.05) is 5.69 Å². The first-order chi connectivity index (χ1) is 13.9. The maximum Gasteiger partial charge on any atom is 0.250 e. The predicted molar refractivity (Wildman–Crippen MR) is 119 cm³/mol. The molecule has 0 saturated heterocycles. The minimum absolute atomic E-state index is 0.0621. The van der Waals surface area contributed by atoms with E-state index in [1.165, 1.54) is 11.3 Å². The van der Waals surface area contributed by atoms with Crippen LogP contribution < -0.4 is 4.90 Å². The molecule has 0 bridgehead atoms. The summed E-state index contributed by atoms with van der Waals surface area (Å²) >= 11 is 7.84. The van der Waals surface area contributed by atoms with Crippen LogP contribution in [0.5, 0.6) is 0 Å². The van der Waals surface area contributed by atoms with Crippen LogP contribution in [0.25, 0.3) is 10.2 Å². The lowest BCUT2D eigenvalue weighted by Gasteiger charge is -2.20. The third-order valence-electron chi connectivity index (χ3n) is 4.79. The Bertz CT molecular complexity index is 1140. The third kappa shape index (κ3) is 4.04. The molecule has 148 valence electrons. The maximum atomic E-state index is 13.3. The van der Waals surface area contributed by atoms with Crippen LogP contribution in [-0.4, -0.2) is 20.7 Å². The van der Waals surface area contributed by atoms with Crippen LogP contribution in [0.15, 0.2) is 48.5 Å². The van der Waals surface area contributed by atoms with Gasteiger partial charge in [-0.05, 0) is 44.0 Å². The van der Waals surface area contributed by atoms with Gasteiger partial charge in [-0.1, -0.05) is 59.3 Å². The van der Waals surface area contributed by atoms with Crippen molar-refractivity contribution >= 4 is 44.2 Å². The highest BCUT2D eigenvalue weighted by Gasteiger charge is 2.22. The van der Waals surface area contributed by atoms with Crippen molar-refractivity contribution in [3.8, 4) is 0 Å². The smallest absolute Gasteiger partial charge is 0.250 e. The Morgan fingerprint density at radius 2 is 1.90 bits per heavy atom. The highest BCUT2D eigenvalue weighted by molar-refractivity contribution is 7.23. The van der Waals surface area contributed by atoms with Crippen molar-refractivity contribution in [3.63, 3.8) is 0 Å². The lowest BCUT2D eigenvalue weighted by molar-refractivity contribution is -0.119. The summed E-state index contributed by atoms with van der Waals surface area (Å²) in [5, 5.41) is 5.73. The minimum atomic E-state index is -0.0621. The van der Waals surface area contributed by atoms with Gasteiger partial charge in [0.2, 0.25) is 0 Å². The molecule has 29 heavy (non-hydrogen) atoms. The monoisotopic (exact) mass is 424 g/mol. The van der Waals surface area contributed by atoms with Crippen molar-refractivity contribution in [2.75, 3.05) is 4.90 Å². The Hall–Kier alpha value is -2.70. The van der Waals surface area contributed by atoms with Gasteiger partial charge in [0.1, 0.15) is 6.54 Å². The summed E-state index contributed by atoms with van der Waals surface area (Å²) in [6, 6.07) is 15.7. The fourth-order valence-electron chi connectivity index (χ4n) is 3.28. The molecule has 4 rings (SSSR count). The molecule has 0 unspecified atom stereocenters. The number of hydrogen-bond acceptors (Lipinski definition) is 4. The van der Waals surface area contributed by atoms with E-state index in [1.807, 2.05) is 69.3 Å². The van der Waals surface area contributed by atoms with E-state index in [4.69, 9.17) is 16.6 Å². The summed E-state index contributed by atoms with van der Waals surface area (Å²) in [5.41, 5.74) is 4.77. The Morgan fingerprint density at radius 3 is 2.55 bits per heavy atom. The second-order valence-electron chi connectivity index (χ2n) is 7.09. The molecule has 0 N–H and O–H groups in total. The van der Waals surface area contributed by atoms with E-state index in [1.54, 1.807) is 9.58 Å². The SMILES string of the molecule is Cc1cc(C)n(CC(=O)N(Cc2ccccc2)c2nc3c(C)ccc(Cl)c3s2)n1. The molecular formula is C22H21ClN4OS. The molecule has 0 radical (unpaired) electrons. The molecule has 0 fully saturated rings. The molecule has 0 spiro atoms. The highest BCUT2D eigenvalue weighted by atomic mass is 35.5. The Labute approximate surface area is 178 Å². The van der Waals surface area contributed by atoms with Crippen LogP contribution in [-0.2, 0) is 17.9 Å². The summed E-state index contributed by atoms with van der Waals surface area (Å²) in [7, 11) is 0. The summed E-state index contributed by atoms with van der Waals surface area (Å²) in [6.07, 6.45) is 0. The van der Waals surface area contributed by atoms with Crippen molar-refractivity contribution in [1.29, 1.82) is 0 Å². The van der Waals surface area contributed by atoms with Crippen molar-refractivity contribution in [1.82, 2.24) is 14.8 Å². The number of benzene rings is 2. The first kappa shape index (κ1) is 19.6. The molecule has 2 heterocycles. The van der Waals surface area contributed by atoms with Gasteiger partial charge in [0.25, 0.3) is 5.91 Å². The van der Waals surface area contributed by atoms with Gasteiger partial charge in [-0.2, -0.15) is 5.10 Å². The van der Waals surface area contributed by atoms with Gasteiger partial charge in [-0.25, -0.2) is 4.98 Å². The standard InChI is InChI=1S/C22H21ClN4OS/c1-14-9-10-18(23)21-20(14)24-22(29-21)26(12-17-7-5-4-6-8-17)19(28)13-27-16(3)11-15(2)25-27/h4-11H,12-13H2,1-3H3. The Morgan fingerprint density at radius 1 is 1.14 bits per heavy atom. The van der Waals surface area contributed by atoms with Gasteiger partial charge in [0.15, 0.2) is 5.13 Å². The zero-order valence-electron chi connectivity index (χ0n) is 16.5. The van der Waals surface area contributed by atoms with E-state index in [0.717, 1.165) is 32.7 Å². The van der Waals surface area contributed by atoms with Crippen molar-refractivity contribution in [3.05, 3.63) is 76.1 Å². The van der Waals surface area contributed by atoms with Crippen LogP contribution >= 0.6 is 22.9 Å². The number of rotatable bonds is 5. The topological polar surface area (TPSA) is 51.0 Å². The second kappa shape index (κ2) is 7.97. The van der Waals surface area contributed by atoms with E-state index < -0.39 is 0 Å². The van der Waals surface area contributed by atoms with E-state index in [0.29, 0.717) is 16.7 Å². The zero-order chi connectivity index (χ0) is 20.5. The number of fused-ring (bicyclic) bond motifs is 1. The number of carbonyl (C=O) groups excluding carboxylic acids is 1. The van der Waals surface area contributed by atoms with Crippen molar-refractivity contribution < 1.29 is 4.79 Å². The molecule has 1 amide bonds. The van der Waals surface area contributed by atoms with E-state index in [9.17, 15) is 4.79 Å². The lowest BCUT2D eigenvalue weighted by Crippen LogP contribution is -2.34. The fraction of sp³-hybridized carbons (Fsp3) is 0.227. The number of halogens is 1. The van der Waals surface area contributed by atoms with Gasteiger partial charge in [-0.3, -0.25) is 14.4 Å². The van der Waals surface area contributed by atoms with E-state index in [2.05, 4.69) is 5.10 Å². The maximum absolute atomic E-state index is 13.3.